The van der Waals surface area contributed by atoms with Crippen LogP contribution in [0.4, 0.5) is 0 Å². The van der Waals surface area contributed by atoms with Gasteiger partial charge in [0, 0.05) is 10.6 Å². The Kier molecular flexibility index (Phi) is 2.22. The minimum absolute atomic E-state index is 0.953. The fourth-order valence-corrected chi connectivity index (χ4v) is 1.51. The first-order chi connectivity index (χ1) is 4.34. The number of hydrogen-bond donors (Lipinski definition) is 1. The molecule has 0 atom stereocenters. The normalized spacial score (nSPS) is 18.8. The summed E-state index contributed by atoms with van der Waals surface area (Å²) in [5.74, 6) is 0. The zero-order valence-electron chi connectivity index (χ0n) is 5.55. The molecule has 0 bridgehead atoms. The molecule has 0 fully saturated rings. The van der Waals surface area contributed by atoms with Crippen molar-refractivity contribution in [1.82, 2.24) is 0 Å². The van der Waals surface area contributed by atoms with Crippen molar-refractivity contribution in [1.29, 1.82) is 0 Å². The van der Waals surface area contributed by atoms with Gasteiger partial charge in [-0.2, -0.15) is 0 Å². The molecule has 0 aromatic rings. The van der Waals surface area contributed by atoms with E-state index < -0.39 is 0 Å². The average Bonchev–Trinajstić information content (AvgIpc) is 1.89. The third-order valence-electron chi connectivity index (χ3n) is 1.40. The third-order valence-corrected chi connectivity index (χ3v) is 2.34. The van der Waals surface area contributed by atoms with Crippen molar-refractivity contribution >= 4 is 11.8 Å². The zero-order chi connectivity index (χ0) is 6.69. The van der Waals surface area contributed by atoms with E-state index in [2.05, 4.69) is 12.3 Å². The van der Waals surface area contributed by atoms with E-state index in [0.29, 0.717) is 0 Å². The number of nitrogens with two attached hydrogens (primary N) is 1. The molecule has 50 valence electrons. The lowest BCUT2D eigenvalue weighted by Crippen LogP contribution is -2.00. The smallest absolute Gasteiger partial charge is 0.0407 e. The third kappa shape index (κ3) is 1.52. The van der Waals surface area contributed by atoms with Crippen LogP contribution in [0.3, 0.4) is 0 Å². The van der Waals surface area contributed by atoms with E-state index in [9.17, 15) is 0 Å². The Balaban J connectivity index is 2.72. The van der Waals surface area contributed by atoms with Crippen molar-refractivity contribution < 1.29 is 0 Å². The van der Waals surface area contributed by atoms with Crippen LogP contribution in [0.2, 0.25) is 0 Å². The molecule has 0 heterocycles. The van der Waals surface area contributed by atoms with E-state index in [4.69, 9.17) is 5.73 Å². The number of rotatable bonds is 1. The highest BCUT2D eigenvalue weighted by molar-refractivity contribution is 8.02. The fraction of sp³-hybridized carbons (Fsp3) is 0.429. The van der Waals surface area contributed by atoms with Gasteiger partial charge in [0.2, 0.25) is 0 Å². The molecule has 0 saturated carbocycles. The highest BCUT2D eigenvalue weighted by Gasteiger charge is 2.01. The first kappa shape index (κ1) is 6.75. The number of allylic oxidation sites excluding steroid dienone is 3. The molecule has 2 N–H and O–H groups in total. The lowest BCUT2D eigenvalue weighted by molar-refractivity contribution is 0.994. The van der Waals surface area contributed by atoms with Gasteiger partial charge in [0.05, 0.1) is 0 Å². The Morgan fingerprint density at radius 2 is 2.44 bits per heavy atom. The molecule has 1 aliphatic rings. The molecule has 1 aliphatic carbocycles. The lowest BCUT2D eigenvalue weighted by atomic mass is 10.1. The summed E-state index contributed by atoms with van der Waals surface area (Å²) in [7, 11) is 0. The molecule has 0 spiro atoms. The minimum atomic E-state index is 0.953. The SMILES string of the molecule is CSC1=C(N)C=CCC1. The second kappa shape index (κ2) is 2.97. The summed E-state index contributed by atoms with van der Waals surface area (Å²) in [6, 6.07) is 0. The Bertz CT molecular complexity index is 158. The van der Waals surface area contributed by atoms with Crippen molar-refractivity contribution in [3.8, 4) is 0 Å². The molecular formula is C7H11NS. The van der Waals surface area contributed by atoms with Crippen LogP contribution < -0.4 is 5.73 Å². The van der Waals surface area contributed by atoms with Gasteiger partial charge in [-0.05, 0) is 25.2 Å². The lowest BCUT2D eigenvalue weighted by Gasteiger charge is -2.08. The van der Waals surface area contributed by atoms with Crippen LogP contribution >= 0.6 is 11.8 Å². The van der Waals surface area contributed by atoms with Gasteiger partial charge in [0.1, 0.15) is 0 Å². The van der Waals surface area contributed by atoms with Crippen LogP contribution in [0.15, 0.2) is 22.8 Å². The first-order valence-electron chi connectivity index (χ1n) is 3.03. The van der Waals surface area contributed by atoms with Gasteiger partial charge in [-0.15, -0.1) is 11.8 Å². The van der Waals surface area contributed by atoms with Gasteiger partial charge < -0.3 is 5.73 Å². The van der Waals surface area contributed by atoms with E-state index in [1.807, 2.05) is 6.08 Å². The summed E-state index contributed by atoms with van der Waals surface area (Å²) in [5, 5.41) is 0. The average molecular weight is 141 g/mol. The van der Waals surface area contributed by atoms with Gasteiger partial charge in [0.15, 0.2) is 0 Å². The zero-order valence-corrected chi connectivity index (χ0v) is 6.37. The maximum absolute atomic E-state index is 5.66. The Labute approximate surface area is 60.0 Å². The highest BCUT2D eigenvalue weighted by Crippen LogP contribution is 2.23. The van der Waals surface area contributed by atoms with Crippen molar-refractivity contribution in [3.63, 3.8) is 0 Å². The maximum atomic E-state index is 5.66. The molecule has 0 amide bonds. The van der Waals surface area contributed by atoms with E-state index in [1.165, 1.54) is 4.91 Å². The van der Waals surface area contributed by atoms with Crippen molar-refractivity contribution in [3.05, 3.63) is 22.8 Å². The van der Waals surface area contributed by atoms with E-state index in [0.717, 1.165) is 18.5 Å². The molecule has 0 unspecified atom stereocenters. The molecule has 0 saturated heterocycles. The predicted molar refractivity (Wildman–Crippen MR) is 43.1 cm³/mol. The Morgan fingerprint density at radius 3 is 2.89 bits per heavy atom. The Morgan fingerprint density at radius 1 is 1.67 bits per heavy atom. The molecule has 0 aromatic heterocycles. The molecule has 0 aromatic carbocycles. The van der Waals surface area contributed by atoms with Crippen LogP contribution in [-0.4, -0.2) is 6.26 Å². The van der Waals surface area contributed by atoms with Gasteiger partial charge in [-0.3, -0.25) is 0 Å². The summed E-state index contributed by atoms with van der Waals surface area (Å²) in [4.78, 5) is 1.33. The molecule has 0 aliphatic heterocycles. The van der Waals surface area contributed by atoms with Gasteiger partial charge in [0.25, 0.3) is 0 Å². The van der Waals surface area contributed by atoms with Crippen LogP contribution in [0, 0.1) is 0 Å². The summed E-state index contributed by atoms with van der Waals surface area (Å²) >= 11 is 1.76. The first-order valence-corrected chi connectivity index (χ1v) is 4.26. The van der Waals surface area contributed by atoms with Crippen molar-refractivity contribution in [2.75, 3.05) is 6.26 Å². The molecular weight excluding hydrogens is 130 g/mol. The van der Waals surface area contributed by atoms with Crippen molar-refractivity contribution in [2.24, 2.45) is 5.73 Å². The summed E-state index contributed by atoms with van der Waals surface area (Å²) in [6.07, 6.45) is 8.46. The van der Waals surface area contributed by atoms with Gasteiger partial charge >= 0.3 is 0 Å². The monoisotopic (exact) mass is 141 g/mol. The standard InChI is InChI=1S/C7H11NS/c1-9-7-5-3-2-4-6(7)8/h2,4H,3,5,8H2,1H3. The minimum Gasteiger partial charge on any atom is -0.398 e. The van der Waals surface area contributed by atoms with Crippen molar-refractivity contribution in [2.45, 2.75) is 12.8 Å². The van der Waals surface area contributed by atoms with Crippen LogP contribution in [0.1, 0.15) is 12.8 Å². The van der Waals surface area contributed by atoms with Crippen LogP contribution in [-0.2, 0) is 0 Å². The molecule has 1 nitrogen and oxygen atoms in total. The number of thioether (sulfide) groups is 1. The van der Waals surface area contributed by atoms with Gasteiger partial charge in [-0.25, -0.2) is 0 Å². The van der Waals surface area contributed by atoms with E-state index >= 15 is 0 Å². The van der Waals surface area contributed by atoms with Crippen LogP contribution in [0.25, 0.3) is 0 Å². The molecule has 1 rings (SSSR count). The van der Waals surface area contributed by atoms with E-state index in [-0.39, 0.29) is 0 Å². The predicted octanol–water partition coefficient (Wildman–Crippen LogP) is 1.87. The Hall–Kier alpha value is -0.370. The second-order valence-corrected chi connectivity index (χ2v) is 2.92. The molecule has 2 heteroatoms. The maximum Gasteiger partial charge on any atom is 0.0407 e. The molecule has 9 heavy (non-hydrogen) atoms. The fourth-order valence-electron chi connectivity index (χ4n) is 0.882. The topological polar surface area (TPSA) is 26.0 Å². The summed E-state index contributed by atoms with van der Waals surface area (Å²) in [5.41, 5.74) is 6.61. The second-order valence-electron chi connectivity index (χ2n) is 2.02. The summed E-state index contributed by atoms with van der Waals surface area (Å²) < 4.78 is 0. The molecule has 0 radical (unpaired) electrons. The highest BCUT2D eigenvalue weighted by atomic mass is 32.2. The largest absolute Gasteiger partial charge is 0.398 e. The summed E-state index contributed by atoms with van der Waals surface area (Å²) in [6.45, 7) is 0. The number of hydrogen-bond acceptors (Lipinski definition) is 2. The van der Waals surface area contributed by atoms with Gasteiger partial charge in [-0.1, -0.05) is 6.08 Å². The quantitative estimate of drug-likeness (QED) is 0.603. The van der Waals surface area contributed by atoms with E-state index in [1.54, 1.807) is 11.8 Å². The van der Waals surface area contributed by atoms with Crippen LogP contribution in [0.5, 0.6) is 0 Å².